The van der Waals surface area contributed by atoms with Crippen molar-refractivity contribution in [2.45, 2.75) is 25.6 Å². The first-order chi connectivity index (χ1) is 8.79. The van der Waals surface area contributed by atoms with Gasteiger partial charge in [0.2, 0.25) is 0 Å². The van der Waals surface area contributed by atoms with E-state index in [-0.39, 0.29) is 17.7 Å². The molecule has 3 nitrogen and oxygen atoms in total. The zero-order chi connectivity index (χ0) is 14.2. The van der Waals surface area contributed by atoms with Gasteiger partial charge in [0.25, 0.3) is 5.91 Å². The fourth-order valence-corrected chi connectivity index (χ4v) is 2.17. The molecule has 104 valence electrons. The quantitative estimate of drug-likeness (QED) is 0.852. The van der Waals surface area contributed by atoms with Gasteiger partial charge in [-0.1, -0.05) is 6.07 Å². The molecule has 1 aliphatic heterocycles. The van der Waals surface area contributed by atoms with Crippen LogP contribution in [0.25, 0.3) is 0 Å². The van der Waals surface area contributed by atoms with E-state index in [0.717, 1.165) is 6.07 Å². The van der Waals surface area contributed by atoms with Gasteiger partial charge in [-0.2, -0.15) is 13.2 Å². The summed E-state index contributed by atoms with van der Waals surface area (Å²) in [6.07, 6.45) is -4.59. The first-order valence-electron chi connectivity index (χ1n) is 5.94. The smallest absolute Gasteiger partial charge is 0.391 e. The van der Waals surface area contributed by atoms with E-state index in [1.54, 1.807) is 0 Å². The molecular weight excluding hydrogens is 259 g/mol. The molecule has 0 radical (unpaired) electrons. The molecule has 19 heavy (non-hydrogen) atoms. The van der Waals surface area contributed by atoms with Crippen LogP contribution in [0.1, 0.15) is 27.9 Å². The Labute approximate surface area is 108 Å². The SMILES string of the molecule is Cc1ccc(C(=O)N2CC[C@H](O)C2)cc1C(F)(F)F. The maximum Gasteiger partial charge on any atom is 0.416 e. The van der Waals surface area contributed by atoms with Gasteiger partial charge in [-0.3, -0.25) is 4.79 Å². The standard InChI is InChI=1S/C13H14F3NO2/c1-8-2-3-9(6-11(8)13(14,15)16)12(19)17-5-4-10(18)7-17/h2-3,6,10,18H,4-5,7H2,1H3/t10-/m0/s1. The van der Waals surface area contributed by atoms with E-state index in [0.29, 0.717) is 13.0 Å². The van der Waals surface area contributed by atoms with E-state index in [2.05, 4.69) is 0 Å². The van der Waals surface area contributed by atoms with Gasteiger partial charge in [-0.05, 0) is 31.0 Å². The molecule has 1 saturated heterocycles. The molecule has 1 amide bonds. The first-order valence-corrected chi connectivity index (χ1v) is 5.94. The molecular formula is C13H14F3NO2. The van der Waals surface area contributed by atoms with Gasteiger partial charge in [0, 0.05) is 18.7 Å². The molecule has 0 aromatic heterocycles. The molecule has 2 rings (SSSR count). The Bertz CT molecular complexity index is 499. The van der Waals surface area contributed by atoms with Crippen LogP contribution in [-0.4, -0.2) is 35.1 Å². The van der Waals surface area contributed by atoms with Crippen LogP contribution in [0.15, 0.2) is 18.2 Å². The highest BCUT2D eigenvalue weighted by Gasteiger charge is 2.34. The number of carbonyl (C=O) groups excluding carboxylic acids is 1. The second kappa shape index (κ2) is 4.85. The second-order valence-corrected chi connectivity index (χ2v) is 4.72. The molecule has 0 bridgehead atoms. The number of aryl methyl sites for hydroxylation is 1. The van der Waals surface area contributed by atoms with Crippen LogP contribution in [0.5, 0.6) is 0 Å². The molecule has 0 aliphatic carbocycles. The van der Waals surface area contributed by atoms with Crippen LogP contribution >= 0.6 is 0 Å². The maximum absolute atomic E-state index is 12.8. The van der Waals surface area contributed by atoms with Crippen LogP contribution in [-0.2, 0) is 6.18 Å². The normalized spacial score (nSPS) is 19.8. The Morgan fingerprint density at radius 1 is 1.42 bits per heavy atom. The Morgan fingerprint density at radius 2 is 2.11 bits per heavy atom. The lowest BCUT2D eigenvalue weighted by Crippen LogP contribution is -2.29. The van der Waals surface area contributed by atoms with E-state index >= 15 is 0 Å². The number of amides is 1. The number of hydrogen-bond acceptors (Lipinski definition) is 2. The Balaban J connectivity index is 2.28. The predicted molar refractivity (Wildman–Crippen MR) is 62.7 cm³/mol. The van der Waals surface area contributed by atoms with Gasteiger partial charge >= 0.3 is 6.18 Å². The average molecular weight is 273 g/mol. The summed E-state index contributed by atoms with van der Waals surface area (Å²) in [6, 6.07) is 3.56. The number of aliphatic hydroxyl groups is 1. The van der Waals surface area contributed by atoms with Gasteiger partial charge in [-0.15, -0.1) is 0 Å². The lowest BCUT2D eigenvalue weighted by atomic mass is 10.0. The van der Waals surface area contributed by atoms with Crippen molar-refractivity contribution in [1.29, 1.82) is 0 Å². The van der Waals surface area contributed by atoms with Crippen LogP contribution in [0.4, 0.5) is 13.2 Å². The fourth-order valence-electron chi connectivity index (χ4n) is 2.17. The van der Waals surface area contributed by atoms with Crippen molar-refractivity contribution >= 4 is 5.91 Å². The lowest BCUT2D eigenvalue weighted by molar-refractivity contribution is -0.138. The van der Waals surface area contributed by atoms with E-state index in [1.807, 2.05) is 0 Å². The number of hydrogen-bond donors (Lipinski definition) is 1. The highest BCUT2D eigenvalue weighted by Crippen LogP contribution is 2.32. The third-order valence-electron chi connectivity index (χ3n) is 3.24. The molecule has 1 aliphatic rings. The van der Waals surface area contributed by atoms with Crippen molar-refractivity contribution in [3.63, 3.8) is 0 Å². The Morgan fingerprint density at radius 3 is 2.63 bits per heavy atom. The number of likely N-dealkylation sites (tertiary alicyclic amines) is 1. The molecule has 0 saturated carbocycles. The third kappa shape index (κ3) is 2.89. The van der Waals surface area contributed by atoms with Crippen molar-refractivity contribution in [3.05, 3.63) is 34.9 Å². The predicted octanol–water partition coefficient (Wildman–Crippen LogP) is 2.22. The molecule has 1 fully saturated rings. The summed E-state index contributed by atoms with van der Waals surface area (Å²) in [5.74, 6) is -0.470. The number of β-amino-alcohol motifs (C(OH)–C–C–N with tert-alkyl or cyclic N) is 1. The summed E-state index contributed by atoms with van der Waals surface area (Å²) < 4.78 is 38.3. The Hall–Kier alpha value is -1.56. The number of nitrogens with zero attached hydrogens (tertiary/aromatic N) is 1. The van der Waals surface area contributed by atoms with Crippen molar-refractivity contribution < 1.29 is 23.1 Å². The van der Waals surface area contributed by atoms with Crippen LogP contribution < -0.4 is 0 Å². The van der Waals surface area contributed by atoms with E-state index in [1.165, 1.54) is 24.0 Å². The summed E-state index contributed by atoms with van der Waals surface area (Å²) in [4.78, 5) is 13.4. The minimum absolute atomic E-state index is 0.00650. The number of benzene rings is 1. The summed E-state index contributed by atoms with van der Waals surface area (Å²) in [5, 5.41) is 9.35. The number of carbonyl (C=O) groups is 1. The number of alkyl halides is 3. The topological polar surface area (TPSA) is 40.5 Å². The van der Waals surface area contributed by atoms with Crippen LogP contribution in [0.3, 0.4) is 0 Å². The molecule has 1 N–H and O–H groups in total. The molecule has 0 spiro atoms. The number of halogens is 3. The third-order valence-corrected chi connectivity index (χ3v) is 3.24. The molecule has 1 heterocycles. The number of rotatable bonds is 1. The first kappa shape index (κ1) is 13.9. The number of aliphatic hydroxyl groups excluding tert-OH is 1. The largest absolute Gasteiger partial charge is 0.416 e. The van der Waals surface area contributed by atoms with Gasteiger partial charge in [-0.25, -0.2) is 0 Å². The van der Waals surface area contributed by atoms with Crippen molar-refractivity contribution in [1.82, 2.24) is 4.90 Å². The fraction of sp³-hybridized carbons (Fsp3) is 0.462. The van der Waals surface area contributed by atoms with Gasteiger partial charge in [0.05, 0.1) is 11.7 Å². The monoisotopic (exact) mass is 273 g/mol. The summed E-state index contributed by atoms with van der Waals surface area (Å²) >= 11 is 0. The van der Waals surface area contributed by atoms with Gasteiger partial charge < -0.3 is 10.0 Å². The average Bonchev–Trinajstić information content (AvgIpc) is 2.74. The Kier molecular flexibility index (Phi) is 3.54. The minimum Gasteiger partial charge on any atom is -0.391 e. The molecule has 6 heteroatoms. The van der Waals surface area contributed by atoms with Crippen molar-refractivity contribution in [3.8, 4) is 0 Å². The van der Waals surface area contributed by atoms with E-state index in [4.69, 9.17) is 0 Å². The van der Waals surface area contributed by atoms with Crippen LogP contribution in [0.2, 0.25) is 0 Å². The van der Waals surface area contributed by atoms with E-state index in [9.17, 15) is 23.1 Å². The van der Waals surface area contributed by atoms with Gasteiger partial charge in [0.1, 0.15) is 0 Å². The van der Waals surface area contributed by atoms with E-state index < -0.39 is 23.8 Å². The summed E-state index contributed by atoms with van der Waals surface area (Å²) in [7, 11) is 0. The molecule has 1 aromatic rings. The lowest BCUT2D eigenvalue weighted by Gasteiger charge is -2.17. The zero-order valence-corrected chi connectivity index (χ0v) is 10.4. The highest BCUT2D eigenvalue weighted by atomic mass is 19.4. The molecule has 1 atom stereocenters. The molecule has 1 aromatic carbocycles. The van der Waals surface area contributed by atoms with Crippen molar-refractivity contribution in [2.75, 3.05) is 13.1 Å². The van der Waals surface area contributed by atoms with Crippen LogP contribution in [0, 0.1) is 6.92 Å². The zero-order valence-electron chi connectivity index (χ0n) is 10.4. The van der Waals surface area contributed by atoms with Crippen molar-refractivity contribution in [2.24, 2.45) is 0 Å². The summed E-state index contributed by atoms with van der Waals surface area (Å²) in [6.45, 7) is 1.90. The maximum atomic E-state index is 12.8. The highest BCUT2D eigenvalue weighted by molar-refractivity contribution is 5.94. The summed E-state index contributed by atoms with van der Waals surface area (Å²) in [5.41, 5.74) is -0.698. The minimum atomic E-state index is -4.47. The molecule has 0 unspecified atom stereocenters. The second-order valence-electron chi connectivity index (χ2n) is 4.72. The van der Waals surface area contributed by atoms with Gasteiger partial charge in [0.15, 0.2) is 0 Å².